The fourth-order valence-corrected chi connectivity index (χ4v) is 2.37. The Kier molecular flexibility index (Phi) is 4.73. The highest BCUT2D eigenvalue weighted by Gasteiger charge is 2.10. The minimum Gasteiger partial charge on any atom is -0.489 e. The van der Waals surface area contributed by atoms with Gasteiger partial charge < -0.3 is 10.5 Å². The fraction of sp³-hybridized carbons (Fsp3) is 0.200. The standard InChI is InChI=1S/C15H14BrF2NO/c1-9(19)14-7-12(17)2-3-15(14)20-8-10-4-11(16)6-13(18)5-10/h2-7,9H,8,19H2,1H3/t9-/m0/s1. The monoisotopic (exact) mass is 341 g/mol. The van der Waals surface area contributed by atoms with Crippen LogP contribution in [0.15, 0.2) is 40.9 Å². The molecule has 0 saturated heterocycles. The molecule has 2 aromatic carbocycles. The molecule has 5 heteroatoms. The van der Waals surface area contributed by atoms with E-state index in [1.807, 2.05) is 0 Å². The second kappa shape index (κ2) is 6.33. The molecule has 2 nitrogen and oxygen atoms in total. The molecule has 106 valence electrons. The Morgan fingerprint density at radius 2 is 1.90 bits per heavy atom. The SMILES string of the molecule is C[C@H](N)c1cc(F)ccc1OCc1cc(F)cc(Br)c1. The number of nitrogens with two attached hydrogens (primary N) is 1. The van der Waals surface area contributed by atoms with Gasteiger partial charge in [0.15, 0.2) is 0 Å². The predicted octanol–water partition coefficient (Wildman–Crippen LogP) is 4.33. The summed E-state index contributed by atoms with van der Waals surface area (Å²) in [5.41, 5.74) is 7.05. The van der Waals surface area contributed by atoms with Crippen LogP contribution in [0.5, 0.6) is 5.75 Å². The van der Waals surface area contributed by atoms with Gasteiger partial charge in [-0.25, -0.2) is 8.78 Å². The van der Waals surface area contributed by atoms with Gasteiger partial charge in [0, 0.05) is 16.1 Å². The Hall–Kier alpha value is -1.46. The Morgan fingerprint density at radius 3 is 2.55 bits per heavy atom. The van der Waals surface area contributed by atoms with Crippen LogP contribution in [0.2, 0.25) is 0 Å². The number of rotatable bonds is 4. The van der Waals surface area contributed by atoms with Crippen LogP contribution in [-0.2, 0) is 6.61 Å². The topological polar surface area (TPSA) is 35.2 Å². The van der Waals surface area contributed by atoms with Crippen LogP contribution in [0.1, 0.15) is 24.1 Å². The molecule has 0 heterocycles. The molecule has 0 aliphatic heterocycles. The van der Waals surface area contributed by atoms with Crippen LogP contribution in [-0.4, -0.2) is 0 Å². The van der Waals surface area contributed by atoms with Crippen LogP contribution in [0.3, 0.4) is 0 Å². The van der Waals surface area contributed by atoms with Gasteiger partial charge in [-0.2, -0.15) is 0 Å². The minimum absolute atomic E-state index is 0.182. The molecule has 0 spiro atoms. The van der Waals surface area contributed by atoms with Crippen molar-refractivity contribution in [3.63, 3.8) is 0 Å². The molecule has 0 aliphatic rings. The molecule has 0 saturated carbocycles. The van der Waals surface area contributed by atoms with Crippen molar-refractivity contribution in [3.8, 4) is 5.75 Å². The van der Waals surface area contributed by atoms with E-state index in [4.69, 9.17) is 10.5 Å². The summed E-state index contributed by atoms with van der Waals surface area (Å²) in [7, 11) is 0. The molecule has 2 N–H and O–H groups in total. The van der Waals surface area contributed by atoms with E-state index >= 15 is 0 Å². The van der Waals surface area contributed by atoms with E-state index in [1.54, 1.807) is 13.0 Å². The Bertz CT molecular complexity index is 597. The molecule has 0 bridgehead atoms. The fourth-order valence-electron chi connectivity index (χ4n) is 1.86. The average molecular weight is 342 g/mol. The molecule has 2 aromatic rings. The lowest BCUT2D eigenvalue weighted by Crippen LogP contribution is -2.08. The first-order valence-corrected chi connectivity index (χ1v) is 6.88. The molecular formula is C15H14BrF2NO. The summed E-state index contributed by atoms with van der Waals surface area (Å²) in [4.78, 5) is 0. The number of ether oxygens (including phenoxy) is 1. The van der Waals surface area contributed by atoms with Gasteiger partial charge in [0.1, 0.15) is 24.0 Å². The van der Waals surface area contributed by atoms with Crippen molar-refractivity contribution in [2.45, 2.75) is 19.6 Å². The molecule has 1 atom stereocenters. The summed E-state index contributed by atoms with van der Waals surface area (Å²) in [6.45, 7) is 1.93. The quantitative estimate of drug-likeness (QED) is 0.898. The summed E-state index contributed by atoms with van der Waals surface area (Å²) >= 11 is 3.22. The Morgan fingerprint density at radius 1 is 1.15 bits per heavy atom. The van der Waals surface area contributed by atoms with E-state index in [-0.39, 0.29) is 24.3 Å². The normalized spacial score (nSPS) is 12.2. The average Bonchev–Trinajstić information content (AvgIpc) is 2.36. The van der Waals surface area contributed by atoms with Gasteiger partial charge in [0.05, 0.1) is 0 Å². The molecule has 20 heavy (non-hydrogen) atoms. The number of halogens is 3. The second-order valence-electron chi connectivity index (χ2n) is 4.54. The minimum atomic E-state index is -0.363. The van der Waals surface area contributed by atoms with Gasteiger partial charge >= 0.3 is 0 Å². The van der Waals surface area contributed by atoms with E-state index in [9.17, 15) is 8.78 Å². The van der Waals surface area contributed by atoms with Gasteiger partial charge in [-0.1, -0.05) is 15.9 Å². The molecule has 0 unspecified atom stereocenters. The van der Waals surface area contributed by atoms with Crippen LogP contribution >= 0.6 is 15.9 Å². The lowest BCUT2D eigenvalue weighted by atomic mass is 10.1. The predicted molar refractivity (Wildman–Crippen MR) is 77.4 cm³/mol. The molecular weight excluding hydrogens is 328 g/mol. The maximum Gasteiger partial charge on any atom is 0.124 e. The van der Waals surface area contributed by atoms with Crippen molar-refractivity contribution in [2.75, 3.05) is 0 Å². The third-order valence-corrected chi connectivity index (χ3v) is 3.24. The lowest BCUT2D eigenvalue weighted by Gasteiger charge is -2.14. The zero-order chi connectivity index (χ0) is 14.7. The third kappa shape index (κ3) is 3.77. The molecule has 0 aromatic heterocycles. The highest BCUT2D eigenvalue weighted by atomic mass is 79.9. The largest absolute Gasteiger partial charge is 0.489 e. The highest BCUT2D eigenvalue weighted by molar-refractivity contribution is 9.10. The maximum absolute atomic E-state index is 13.3. The van der Waals surface area contributed by atoms with Crippen molar-refractivity contribution in [1.29, 1.82) is 0 Å². The van der Waals surface area contributed by atoms with Crippen molar-refractivity contribution >= 4 is 15.9 Å². The first-order valence-electron chi connectivity index (χ1n) is 6.08. The van der Waals surface area contributed by atoms with E-state index in [1.165, 1.54) is 30.3 Å². The van der Waals surface area contributed by atoms with E-state index < -0.39 is 0 Å². The molecule has 0 radical (unpaired) electrons. The summed E-state index contributed by atoms with van der Waals surface area (Å²) in [5, 5.41) is 0. The lowest BCUT2D eigenvalue weighted by molar-refractivity contribution is 0.300. The van der Waals surface area contributed by atoms with Crippen molar-refractivity contribution < 1.29 is 13.5 Å². The van der Waals surface area contributed by atoms with Gasteiger partial charge in [0.2, 0.25) is 0 Å². The molecule has 0 aliphatic carbocycles. The number of hydrogen-bond donors (Lipinski definition) is 1. The van der Waals surface area contributed by atoms with Crippen LogP contribution in [0.25, 0.3) is 0 Å². The first kappa shape index (κ1) is 14.9. The van der Waals surface area contributed by atoms with Gasteiger partial charge in [-0.05, 0) is 48.9 Å². The van der Waals surface area contributed by atoms with Gasteiger partial charge in [-0.3, -0.25) is 0 Å². The smallest absolute Gasteiger partial charge is 0.124 e. The van der Waals surface area contributed by atoms with Crippen LogP contribution in [0.4, 0.5) is 8.78 Å². The van der Waals surface area contributed by atoms with Crippen molar-refractivity contribution in [2.24, 2.45) is 5.73 Å². The summed E-state index contributed by atoms with van der Waals surface area (Å²) in [5.74, 6) is -0.204. The second-order valence-corrected chi connectivity index (χ2v) is 5.45. The van der Waals surface area contributed by atoms with Crippen molar-refractivity contribution in [3.05, 3.63) is 63.6 Å². The van der Waals surface area contributed by atoms with Crippen LogP contribution < -0.4 is 10.5 Å². The number of hydrogen-bond acceptors (Lipinski definition) is 2. The summed E-state index contributed by atoms with van der Waals surface area (Å²) < 4.78 is 32.7. The maximum atomic E-state index is 13.3. The van der Waals surface area contributed by atoms with E-state index in [0.29, 0.717) is 21.3 Å². The first-order chi connectivity index (χ1) is 9.45. The number of benzene rings is 2. The van der Waals surface area contributed by atoms with Crippen molar-refractivity contribution in [1.82, 2.24) is 0 Å². The van der Waals surface area contributed by atoms with Crippen LogP contribution in [0, 0.1) is 11.6 Å². The summed E-state index contributed by atoms with van der Waals surface area (Å²) in [6.07, 6.45) is 0. The zero-order valence-electron chi connectivity index (χ0n) is 10.9. The van der Waals surface area contributed by atoms with E-state index in [2.05, 4.69) is 15.9 Å². The highest BCUT2D eigenvalue weighted by Crippen LogP contribution is 2.26. The summed E-state index contributed by atoms with van der Waals surface area (Å²) in [6, 6.07) is 8.36. The Balaban J connectivity index is 2.18. The molecule has 2 rings (SSSR count). The molecule has 0 amide bonds. The molecule has 0 fully saturated rings. The van der Waals surface area contributed by atoms with Gasteiger partial charge in [0.25, 0.3) is 0 Å². The third-order valence-electron chi connectivity index (χ3n) is 2.78. The Labute approximate surface area is 124 Å². The van der Waals surface area contributed by atoms with E-state index in [0.717, 1.165) is 0 Å². The van der Waals surface area contributed by atoms with Gasteiger partial charge in [-0.15, -0.1) is 0 Å². The zero-order valence-corrected chi connectivity index (χ0v) is 12.5.